The van der Waals surface area contributed by atoms with E-state index in [1.807, 2.05) is 0 Å². The molecule has 2 nitrogen and oxygen atoms in total. The molecule has 2 aliphatic rings. The van der Waals surface area contributed by atoms with E-state index in [4.69, 9.17) is 6.11 Å². The fourth-order valence-corrected chi connectivity index (χ4v) is 4.53. The lowest BCUT2D eigenvalue weighted by atomic mass is 9.78. The zero-order valence-corrected chi connectivity index (χ0v) is 14.2. The highest BCUT2D eigenvalue weighted by Crippen LogP contribution is 2.55. The van der Waals surface area contributed by atoms with Crippen molar-refractivity contribution in [3.05, 3.63) is 95.6 Å². The lowest BCUT2D eigenvalue weighted by Crippen LogP contribution is -2.48. The van der Waals surface area contributed by atoms with Crippen molar-refractivity contribution in [3.63, 3.8) is 0 Å². The van der Waals surface area contributed by atoms with Crippen LogP contribution < -0.4 is 0 Å². The van der Waals surface area contributed by atoms with Gasteiger partial charge >= 0.3 is 0 Å². The third kappa shape index (κ3) is 1.92. The molecule has 0 saturated carbocycles. The van der Waals surface area contributed by atoms with E-state index >= 15 is 0 Å². The summed E-state index contributed by atoms with van der Waals surface area (Å²) in [5, 5.41) is 0. The van der Waals surface area contributed by atoms with E-state index in [0.29, 0.717) is 6.73 Å². The second kappa shape index (κ2) is 5.55. The van der Waals surface area contributed by atoms with Crippen LogP contribution in [0.5, 0.6) is 0 Å². The molecule has 3 aromatic carbocycles. The minimum atomic E-state index is -0.532. The Morgan fingerprint density at radius 2 is 1.44 bits per heavy atom. The number of nitrogens with zero attached hydrogens (tertiary/aromatic N) is 1. The van der Waals surface area contributed by atoms with E-state index in [0.717, 1.165) is 0 Å². The topological polar surface area (TPSA) is 12.5 Å². The molecule has 0 N–H and O–H groups in total. The van der Waals surface area contributed by atoms with Gasteiger partial charge in [-0.25, -0.2) is 0 Å². The summed E-state index contributed by atoms with van der Waals surface area (Å²) in [6.07, 6.45) is 0. The van der Waals surface area contributed by atoms with Gasteiger partial charge in [0.2, 0.25) is 0 Å². The molecule has 25 heavy (non-hydrogen) atoms. The lowest BCUT2D eigenvalue weighted by Gasteiger charge is -2.42. The number of hydrogen-bond donors (Lipinski definition) is 0. The fraction of sp³-hybridized carbons (Fsp3) is 0.217. The van der Waals surface area contributed by atoms with Crippen LogP contribution in [0, 0.1) is 0 Å². The first-order valence-corrected chi connectivity index (χ1v) is 8.80. The van der Waals surface area contributed by atoms with Gasteiger partial charge in [0.25, 0.3) is 0 Å². The second-order valence-corrected chi connectivity index (χ2v) is 6.81. The van der Waals surface area contributed by atoms with Gasteiger partial charge in [0.05, 0.1) is 7.95 Å². The van der Waals surface area contributed by atoms with Crippen LogP contribution in [0.2, 0.25) is 0 Å². The van der Waals surface area contributed by atoms with Crippen molar-refractivity contribution in [1.29, 1.82) is 0 Å². The highest BCUT2D eigenvalue weighted by Gasteiger charge is 2.51. The second-order valence-electron chi connectivity index (χ2n) is 6.81. The van der Waals surface area contributed by atoms with Gasteiger partial charge in [-0.2, -0.15) is 0 Å². The maximum Gasteiger partial charge on any atom is 0.101 e. The lowest BCUT2D eigenvalue weighted by molar-refractivity contribution is 0.0871. The molecule has 3 aromatic rings. The summed E-state index contributed by atoms with van der Waals surface area (Å²) in [7, 11) is 0. The third-order valence-corrected chi connectivity index (χ3v) is 5.54. The Balaban J connectivity index is 1.89. The van der Waals surface area contributed by atoms with Gasteiger partial charge in [-0.1, -0.05) is 78.9 Å². The van der Waals surface area contributed by atoms with E-state index in [9.17, 15) is 0 Å². The van der Waals surface area contributed by atoms with Crippen LogP contribution in [-0.2, 0) is 10.3 Å². The van der Waals surface area contributed by atoms with Crippen LogP contribution >= 0.6 is 0 Å². The molecular formula is C23H21NO. The Kier molecular flexibility index (Phi) is 3.07. The van der Waals surface area contributed by atoms with Gasteiger partial charge in [0.15, 0.2) is 0 Å². The predicted octanol–water partition coefficient (Wildman–Crippen LogP) is 4.64. The molecule has 1 heterocycles. The molecule has 0 bridgehead atoms. The standard InChI is InChI=1S/C23H21NO/c1-17-15-25-16-24(17)23(18-9-3-2-4-10-18)21-13-7-5-11-19(21)20-12-6-8-14-22(20)23/h2-14,17H,15-16H2,1H3/t17-/m0/s1/i15D/t15-,17+/m1. The summed E-state index contributed by atoms with van der Waals surface area (Å²) in [4.78, 5) is 2.35. The zero-order valence-electron chi connectivity index (χ0n) is 15.2. The fourth-order valence-electron chi connectivity index (χ4n) is 4.53. The minimum absolute atomic E-state index is 0.00517. The summed E-state index contributed by atoms with van der Waals surface area (Å²) in [6.45, 7) is 2.02. The monoisotopic (exact) mass is 328 g/mol. The quantitative estimate of drug-likeness (QED) is 0.680. The molecule has 2 heteroatoms. The van der Waals surface area contributed by atoms with Crippen LogP contribution in [0.1, 0.15) is 25.0 Å². The molecule has 2 atom stereocenters. The van der Waals surface area contributed by atoms with Gasteiger partial charge in [0, 0.05) is 6.04 Å². The average molecular weight is 328 g/mol. The Labute approximate surface area is 150 Å². The number of rotatable bonds is 2. The minimum Gasteiger partial charge on any atom is -0.364 e. The van der Waals surface area contributed by atoms with Gasteiger partial charge < -0.3 is 4.74 Å². The van der Waals surface area contributed by atoms with Crippen molar-refractivity contribution >= 4 is 0 Å². The molecule has 0 unspecified atom stereocenters. The average Bonchev–Trinajstić information content (AvgIpc) is 3.19. The summed E-state index contributed by atoms with van der Waals surface area (Å²) in [5.41, 5.74) is 5.89. The maximum absolute atomic E-state index is 8.29. The molecule has 1 aliphatic carbocycles. The first-order chi connectivity index (χ1) is 12.7. The highest BCUT2D eigenvalue weighted by atomic mass is 16.5. The van der Waals surface area contributed by atoms with E-state index in [1.54, 1.807) is 0 Å². The first-order valence-electron chi connectivity index (χ1n) is 9.38. The molecule has 1 saturated heterocycles. The molecule has 0 radical (unpaired) electrons. The Hall–Kier alpha value is -2.42. The van der Waals surface area contributed by atoms with Crippen LogP contribution in [0.4, 0.5) is 0 Å². The Bertz CT molecular complexity index is 910. The molecule has 124 valence electrons. The summed E-state index contributed by atoms with van der Waals surface area (Å²) in [6, 6.07) is 27.9. The molecule has 0 amide bonds. The molecule has 1 fully saturated rings. The Morgan fingerprint density at radius 3 is 2.00 bits per heavy atom. The largest absolute Gasteiger partial charge is 0.364 e. The molecule has 5 rings (SSSR count). The first kappa shape index (κ1) is 13.8. The van der Waals surface area contributed by atoms with Crippen LogP contribution in [0.3, 0.4) is 0 Å². The zero-order chi connectivity index (χ0) is 17.7. The molecule has 1 aliphatic heterocycles. The van der Waals surface area contributed by atoms with E-state index < -0.39 is 12.1 Å². The highest BCUT2D eigenvalue weighted by molar-refractivity contribution is 5.83. The van der Waals surface area contributed by atoms with Crippen molar-refractivity contribution in [2.75, 3.05) is 13.3 Å². The number of ether oxygens (including phenoxy) is 1. The maximum atomic E-state index is 8.29. The van der Waals surface area contributed by atoms with Crippen molar-refractivity contribution in [2.24, 2.45) is 0 Å². The van der Waals surface area contributed by atoms with Crippen molar-refractivity contribution < 1.29 is 6.11 Å². The predicted molar refractivity (Wildman–Crippen MR) is 100 cm³/mol. The van der Waals surface area contributed by atoms with Crippen molar-refractivity contribution in [2.45, 2.75) is 18.5 Å². The number of benzene rings is 3. The summed E-state index contributed by atoms with van der Waals surface area (Å²) >= 11 is 0. The van der Waals surface area contributed by atoms with E-state index in [1.165, 1.54) is 27.8 Å². The van der Waals surface area contributed by atoms with E-state index in [-0.39, 0.29) is 6.04 Å². The normalized spacial score (nSPS) is 24.6. The third-order valence-electron chi connectivity index (χ3n) is 5.54. The van der Waals surface area contributed by atoms with Crippen LogP contribution in [0.15, 0.2) is 78.9 Å². The van der Waals surface area contributed by atoms with Gasteiger partial charge in [0.1, 0.15) is 12.3 Å². The van der Waals surface area contributed by atoms with Gasteiger partial charge in [-0.05, 0) is 34.7 Å². The smallest absolute Gasteiger partial charge is 0.101 e. The van der Waals surface area contributed by atoms with Crippen molar-refractivity contribution in [3.8, 4) is 11.1 Å². The van der Waals surface area contributed by atoms with Crippen LogP contribution in [-0.4, -0.2) is 24.3 Å². The molecular weight excluding hydrogens is 306 g/mol. The van der Waals surface area contributed by atoms with Crippen LogP contribution in [0.25, 0.3) is 11.1 Å². The Morgan fingerprint density at radius 1 is 0.880 bits per heavy atom. The SMILES string of the molecule is [2H][C@H]1OCN(C2(c3ccccc3)c3ccccc3-c3ccccc32)[C@H]1C. The van der Waals surface area contributed by atoms with Crippen molar-refractivity contribution in [1.82, 2.24) is 4.90 Å². The van der Waals surface area contributed by atoms with E-state index in [2.05, 4.69) is 90.7 Å². The number of hydrogen-bond acceptors (Lipinski definition) is 2. The molecule has 0 aromatic heterocycles. The van der Waals surface area contributed by atoms with Gasteiger partial charge in [-0.15, -0.1) is 0 Å². The summed E-state index contributed by atoms with van der Waals surface area (Å²) in [5.74, 6) is 0. The summed E-state index contributed by atoms with van der Waals surface area (Å²) < 4.78 is 14.0. The van der Waals surface area contributed by atoms with Gasteiger partial charge in [-0.3, -0.25) is 4.90 Å². The number of fused-ring (bicyclic) bond motifs is 3. The molecule has 0 spiro atoms.